The molecule has 1 unspecified atom stereocenters. The number of benzene rings is 1. The topological polar surface area (TPSA) is 46.5 Å². The molecule has 0 aromatic heterocycles. The summed E-state index contributed by atoms with van der Waals surface area (Å²) >= 11 is 0. The molecule has 1 atom stereocenters. The van der Waals surface area contributed by atoms with E-state index >= 15 is 0 Å². The lowest BCUT2D eigenvalue weighted by atomic mass is 9.69. The van der Waals surface area contributed by atoms with Gasteiger partial charge in [0, 0.05) is 5.92 Å². The lowest BCUT2D eigenvalue weighted by Crippen LogP contribution is -2.27. The third-order valence-corrected chi connectivity index (χ3v) is 8.46. The Bertz CT molecular complexity index is 885. The van der Waals surface area contributed by atoms with Gasteiger partial charge in [-0.05, 0) is 61.6 Å². The summed E-state index contributed by atoms with van der Waals surface area (Å²) in [5.74, 6) is 0.703. The van der Waals surface area contributed by atoms with Gasteiger partial charge in [-0.1, -0.05) is 76.6 Å². The SMILES string of the molecule is CCCCC1=C(C2CCCCC2)C(C)(C)C(C)/C1=N\S(=O)(=O)c1ccc(C)cc1. The first-order chi connectivity index (χ1) is 13.7. The van der Waals surface area contributed by atoms with Gasteiger partial charge < -0.3 is 0 Å². The Morgan fingerprint density at radius 3 is 2.28 bits per heavy atom. The molecule has 29 heavy (non-hydrogen) atoms. The summed E-state index contributed by atoms with van der Waals surface area (Å²) in [5, 5.41) is 0. The first-order valence-electron chi connectivity index (χ1n) is 11.3. The fourth-order valence-corrected chi connectivity index (χ4v) is 6.28. The number of rotatable bonds is 6. The van der Waals surface area contributed by atoms with Crippen molar-refractivity contribution in [2.24, 2.45) is 21.6 Å². The molecule has 3 nitrogen and oxygen atoms in total. The first kappa shape index (κ1) is 22.3. The van der Waals surface area contributed by atoms with Crippen molar-refractivity contribution in [3.05, 3.63) is 41.0 Å². The van der Waals surface area contributed by atoms with Crippen LogP contribution in [0.15, 0.2) is 44.7 Å². The normalized spacial score (nSPS) is 24.4. The average Bonchev–Trinajstić information content (AvgIpc) is 2.87. The maximum atomic E-state index is 13.1. The van der Waals surface area contributed by atoms with Crippen LogP contribution in [0.2, 0.25) is 0 Å². The molecule has 0 amide bonds. The standard InChI is InChI=1S/C25H37NO2S/c1-6-7-13-22-23(20-11-9-8-10-12-20)25(4,5)19(3)24(22)26-29(27,28)21-16-14-18(2)15-17-21/h14-17,19-20H,6-13H2,1-5H3/b26-24+. The predicted molar refractivity (Wildman–Crippen MR) is 122 cm³/mol. The van der Waals surface area contributed by atoms with Gasteiger partial charge in [0.1, 0.15) is 0 Å². The number of hydrogen-bond donors (Lipinski definition) is 0. The fraction of sp³-hybridized carbons (Fsp3) is 0.640. The zero-order valence-electron chi connectivity index (χ0n) is 18.8. The van der Waals surface area contributed by atoms with Crippen molar-refractivity contribution >= 4 is 15.7 Å². The number of sulfonamides is 1. The van der Waals surface area contributed by atoms with Gasteiger partial charge in [0.05, 0.1) is 10.6 Å². The van der Waals surface area contributed by atoms with Crippen LogP contribution in [0.1, 0.15) is 84.6 Å². The van der Waals surface area contributed by atoms with Crippen LogP contribution in [0.25, 0.3) is 0 Å². The molecule has 0 spiro atoms. The molecule has 0 aliphatic heterocycles. The Kier molecular flexibility index (Phi) is 6.72. The first-order valence-corrected chi connectivity index (χ1v) is 12.8. The van der Waals surface area contributed by atoms with E-state index in [9.17, 15) is 8.42 Å². The van der Waals surface area contributed by atoms with E-state index in [4.69, 9.17) is 0 Å². The van der Waals surface area contributed by atoms with Crippen molar-refractivity contribution < 1.29 is 8.42 Å². The predicted octanol–water partition coefficient (Wildman–Crippen LogP) is 6.87. The van der Waals surface area contributed by atoms with Crippen LogP contribution in [0.4, 0.5) is 0 Å². The molecule has 0 radical (unpaired) electrons. The molecule has 1 saturated carbocycles. The summed E-state index contributed by atoms with van der Waals surface area (Å²) < 4.78 is 30.8. The Balaban J connectivity index is 2.10. The van der Waals surface area contributed by atoms with Crippen LogP contribution < -0.4 is 0 Å². The van der Waals surface area contributed by atoms with E-state index in [0.717, 1.165) is 30.5 Å². The van der Waals surface area contributed by atoms with E-state index in [1.54, 1.807) is 12.1 Å². The van der Waals surface area contributed by atoms with Crippen molar-refractivity contribution in [1.82, 2.24) is 0 Å². The van der Waals surface area contributed by atoms with E-state index < -0.39 is 10.0 Å². The summed E-state index contributed by atoms with van der Waals surface area (Å²) in [6, 6.07) is 7.04. The van der Waals surface area contributed by atoms with Gasteiger partial charge in [-0.15, -0.1) is 0 Å². The molecule has 0 N–H and O–H groups in total. The quantitative estimate of drug-likeness (QED) is 0.509. The lowest BCUT2D eigenvalue weighted by Gasteiger charge is -2.35. The highest BCUT2D eigenvalue weighted by atomic mass is 32.2. The van der Waals surface area contributed by atoms with Gasteiger partial charge in [0.15, 0.2) is 0 Å². The maximum Gasteiger partial charge on any atom is 0.282 e. The zero-order valence-corrected chi connectivity index (χ0v) is 19.6. The average molecular weight is 416 g/mol. The van der Waals surface area contributed by atoms with Crippen molar-refractivity contribution in [1.29, 1.82) is 0 Å². The van der Waals surface area contributed by atoms with Gasteiger partial charge in [-0.3, -0.25) is 0 Å². The second kappa shape index (κ2) is 8.75. The van der Waals surface area contributed by atoms with Crippen LogP contribution >= 0.6 is 0 Å². The summed E-state index contributed by atoms with van der Waals surface area (Å²) in [6.45, 7) is 10.9. The highest BCUT2D eigenvalue weighted by molar-refractivity contribution is 7.90. The number of aryl methyl sites for hydroxylation is 1. The van der Waals surface area contributed by atoms with Crippen LogP contribution in [0, 0.1) is 24.2 Å². The summed E-state index contributed by atoms with van der Waals surface area (Å²) in [7, 11) is -3.70. The van der Waals surface area contributed by atoms with Crippen LogP contribution in [-0.2, 0) is 10.0 Å². The smallest absolute Gasteiger partial charge is 0.199 e. The van der Waals surface area contributed by atoms with E-state index in [1.807, 2.05) is 19.1 Å². The third-order valence-electron chi connectivity index (χ3n) is 7.15. The Morgan fingerprint density at radius 2 is 1.69 bits per heavy atom. The molecule has 0 saturated heterocycles. The molecule has 0 bridgehead atoms. The van der Waals surface area contributed by atoms with Crippen molar-refractivity contribution in [3.8, 4) is 0 Å². The van der Waals surface area contributed by atoms with E-state index in [1.165, 1.54) is 43.3 Å². The Hall–Kier alpha value is -1.42. The van der Waals surface area contributed by atoms with E-state index in [-0.39, 0.29) is 11.3 Å². The van der Waals surface area contributed by atoms with E-state index in [2.05, 4.69) is 32.1 Å². The van der Waals surface area contributed by atoms with Crippen LogP contribution in [0.5, 0.6) is 0 Å². The lowest BCUT2D eigenvalue weighted by molar-refractivity contribution is 0.294. The molecule has 160 valence electrons. The fourth-order valence-electron chi connectivity index (χ4n) is 5.17. The van der Waals surface area contributed by atoms with Gasteiger partial charge in [0.25, 0.3) is 10.0 Å². The molecular weight excluding hydrogens is 378 g/mol. The maximum absolute atomic E-state index is 13.1. The zero-order chi connectivity index (χ0) is 21.2. The molecule has 0 heterocycles. The molecule has 2 aliphatic carbocycles. The molecule has 1 aromatic rings. The van der Waals surface area contributed by atoms with Gasteiger partial charge in [-0.25, -0.2) is 0 Å². The summed E-state index contributed by atoms with van der Waals surface area (Å²) in [5.41, 5.74) is 4.61. The minimum atomic E-state index is -3.70. The second-order valence-electron chi connectivity index (χ2n) is 9.54. The van der Waals surface area contributed by atoms with Gasteiger partial charge in [0.2, 0.25) is 0 Å². The number of nitrogens with zero attached hydrogens (tertiary/aromatic N) is 1. The molecule has 1 fully saturated rings. The number of unbranched alkanes of at least 4 members (excludes halogenated alkanes) is 1. The summed E-state index contributed by atoms with van der Waals surface area (Å²) in [4.78, 5) is 0.293. The van der Waals surface area contributed by atoms with Crippen molar-refractivity contribution in [2.75, 3.05) is 0 Å². The van der Waals surface area contributed by atoms with Crippen LogP contribution in [0.3, 0.4) is 0 Å². The minimum Gasteiger partial charge on any atom is -0.199 e. The molecule has 4 heteroatoms. The minimum absolute atomic E-state index is 0.0350. The van der Waals surface area contributed by atoms with Crippen molar-refractivity contribution in [2.45, 2.75) is 90.9 Å². The molecular formula is C25H37NO2S. The largest absolute Gasteiger partial charge is 0.282 e. The summed E-state index contributed by atoms with van der Waals surface area (Å²) in [6.07, 6.45) is 9.50. The molecule has 2 aliphatic rings. The second-order valence-corrected chi connectivity index (χ2v) is 11.1. The number of allylic oxidation sites excluding steroid dienone is 2. The molecule has 1 aromatic carbocycles. The highest BCUT2D eigenvalue weighted by Gasteiger charge is 2.46. The van der Waals surface area contributed by atoms with Gasteiger partial charge >= 0.3 is 0 Å². The van der Waals surface area contributed by atoms with Crippen LogP contribution in [-0.4, -0.2) is 14.1 Å². The third kappa shape index (κ3) is 4.52. The molecule has 3 rings (SSSR count). The monoisotopic (exact) mass is 415 g/mol. The highest BCUT2D eigenvalue weighted by Crippen LogP contribution is 2.52. The van der Waals surface area contributed by atoms with E-state index in [0.29, 0.717) is 10.8 Å². The Morgan fingerprint density at radius 1 is 1.07 bits per heavy atom. The van der Waals surface area contributed by atoms with Gasteiger partial charge in [-0.2, -0.15) is 12.8 Å². The van der Waals surface area contributed by atoms with Crippen molar-refractivity contribution in [3.63, 3.8) is 0 Å². The Labute approximate surface area is 177 Å². The number of hydrogen-bond acceptors (Lipinski definition) is 2.